The zero-order valence-corrected chi connectivity index (χ0v) is 14.2. The highest BCUT2D eigenvalue weighted by Crippen LogP contribution is 2.34. The van der Waals surface area contributed by atoms with Crippen LogP contribution < -0.4 is 10.5 Å². The molecule has 0 atom stereocenters. The van der Waals surface area contributed by atoms with Crippen LogP contribution in [0.1, 0.15) is 15.2 Å². The number of hydrogen-bond donors (Lipinski definition) is 1. The van der Waals surface area contributed by atoms with Gasteiger partial charge in [0.25, 0.3) is 5.91 Å². The average molecular weight is 368 g/mol. The van der Waals surface area contributed by atoms with Gasteiger partial charge in [-0.2, -0.15) is 0 Å². The number of hydrogen-bond acceptors (Lipinski definition) is 5. The number of aromatic nitrogens is 3. The molecule has 0 unspecified atom stereocenters. The van der Waals surface area contributed by atoms with Crippen LogP contribution in [0.25, 0.3) is 16.0 Å². The van der Waals surface area contributed by atoms with Crippen LogP contribution in [0.2, 0.25) is 0 Å². The smallest absolute Gasteiger partial charge is 0.262 e. The molecule has 26 heavy (non-hydrogen) atoms. The molecule has 130 valence electrons. The van der Waals surface area contributed by atoms with Crippen molar-refractivity contribution in [3.8, 4) is 10.8 Å². The summed E-state index contributed by atoms with van der Waals surface area (Å²) in [5, 5.41) is 0.719. The Balaban J connectivity index is 1.69. The minimum Gasteiger partial charge on any atom is -0.487 e. The van der Waals surface area contributed by atoms with Crippen LogP contribution in [-0.4, -0.2) is 20.4 Å². The van der Waals surface area contributed by atoms with Crippen molar-refractivity contribution in [2.24, 2.45) is 5.73 Å². The molecule has 2 N–H and O–H groups in total. The fourth-order valence-corrected chi connectivity index (χ4v) is 3.51. The van der Waals surface area contributed by atoms with Gasteiger partial charge in [0, 0.05) is 17.8 Å². The summed E-state index contributed by atoms with van der Waals surface area (Å²) < 4.78 is 21.3. The summed E-state index contributed by atoms with van der Waals surface area (Å²) in [6.45, 7) is -0.00226. The molecule has 8 heteroatoms. The summed E-state index contributed by atoms with van der Waals surface area (Å²) >= 11 is 1.19. The number of nitrogens with zero attached hydrogens (tertiary/aromatic N) is 3. The first kappa shape index (κ1) is 16.2. The van der Waals surface area contributed by atoms with Gasteiger partial charge < -0.3 is 10.5 Å². The summed E-state index contributed by atoms with van der Waals surface area (Å²) in [4.78, 5) is 20.4. The van der Waals surface area contributed by atoms with Crippen LogP contribution in [0.15, 0.2) is 55.1 Å². The number of ether oxygens (including phenoxy) is 1. The minimum absolute atomic E-state index is 0.00226. The average Bonchev–Trinajstić information content (AvgIpc) is 3.25. The maximum atomic E-state index is 13.8. The quantitative estimate of drug-likeness (QED) is 0.586. The maximum Gasteiger partial charge on any atom is 0.262 e. The number of pyridine rings is 1. The zero-order valence-electron chi connectivity index (χ0n) is 13.4. The highest BCUT2D eigenvalue weighted by molar-refractivity contribution is 7.16. The van der Waals surface area contributed by atoms with Gasteiger partial charge in [-0.3, -0.25) is 14.3 Å². The van der Waals surface area contributed by atoms with Crippen LogP contribution in [0, 0.1) is 5.82 Å². The Morgan fingerprint density at radius 3 is 2.96 bits per heavy atom. The highest BCUT2D eigenvalue weighted by atomic mass is 32.1. The number of thiophene rings is 1. The zero-order chi connectivity index (χ0) is 18.1. The van der Waals surface area contributed by atoms with Crippen LogP contribution in [0.3, 0.4) is 0 Å². The molecule has 6 nitrogen and oxygen atoms in total. The minimum atomic E-state index is -0.601. The molecule has 0 spiro atoms. The summed E-state index contributed by atoms with van der Waals surface area (Å²) in [5.41, 5.74) is 7.45. The molecule has 3 aromatic heterocycles. The van der Waals surface area contributed by atoms with Gasteiger partial charge in [0.15, 0.2) is 0 Å². The number of carbonyl (C=O) groups is 1. The summed E-state index contributed by atoms with van der Waals surface area (Å²) in [6.07, 6.45) is 4.96. The largest absolute Gasteiger partial charge is 0.487 e. The molecule has 0 aliphatic carbocycles. The predicted octanol–water partition coefficient (Wildman–Crippen LogP) is 3.30. The van der Waals surface area contributed by atoms with Gasteiger partial charge in [0.05, 0.1) is 11.7 Å². The van der Waals surface area contributed by atoms with E-state index in [1.165, 1.54) is 17.4 Å². The molecule has 0 fully saturated rings. The molecule has 4 rings (SSSR count). The van der Waals surface area contributed by atoms with E-state index in [1.54, 1.807) is 43.0 Å². The fourth-order valence-electron chi connectivity index (χ4n) is 2.57. The predicted molar refractivity (Wildman–Crippen MR) is 96.0 cm³/mol. The monoisotopic (exact) mass is 368 g/mol. The lowest BCUT2D eigenvalue weighted by molar-refractivity contribution is 0.1000. The van der Waals surface area contributed by atoms with E-state index in [2.05, 4.69) is 9.97 Å². The first-order valence-electron chi connectivity index (χ1n) is 7.71. The van der Waals surface area contributed by atoms with Crippen molar-refractivity contribution >= 4 is 28.3 Å². The fraction of sp³-hybridized carbons (Fsp3) is 0.0556. The van der Waals surface area contributed by atoms with Gasteiger partial charge in [0.1, 0.15) is 39.9 Å². The number of fused-ring (bicyclic) bond motifs is 1. The molecule has 0 saturated carbocycles. The number of primary amides is 1. The van der Waals surface area contributed by atoms with E-state index in [0.29, 0.717) is 11.3 Å². The molecule has 1 amide bonds. The third-order valence-electron chi connectivity index (χ3n) is 3.84. The Hall–Kier alpha value is -3.26. The van der Waals surface area contributed by atoms with E-state index < -0.39 is 5.91 Å². The Kier molecular flexibility index (Phi) is 4.10. The van der Waals surface area contributed by atoms with Crippen molar-refractivity contribution in [2.75, 3.05) is 0 Å². The van der Waals surface area contributed by atoms with E-state index in [1.807, 2.05) is 10.6 Å². The van der Waals surface area contributed by atoms with Gasteiger partial charge in [0.2, 0.25) is 0 Å². The van der Waals surface area contributed by atoms with Gasteiger partial charge in [-0.15, -0.1) is 11.3 Å². The van der Waals surface area contributed by atoms with E-state index in [0.717, 1.165) is 16.0 Å². The summed E-state index contributed by atoms with van der Waals surface area (Å²) in [5.74, 6) is -0.649. The van der Waals surface area contributed by atoms with Crippen molar-refractivity contribution in [2.45, 2.75) is 6.61 Å². The molecular formula is C18H13FN4O2S. The molecular weight excluding hydrogens is 355 g/mol. The molecule has 0 radical (unpaired) electrons. The number of halogens is 1. The lowest BCUT2D eigenvalue weighted by Gasteiger charge is -2.06. The third kappa shape index (κ3) is 2.91. The Labute approximate surface area is 151 Å². The number of carbonyl (C=O) groups excluding carboxylic acids is 1. The number of rotatable bonds is 5. The topological polar surface area (TPSA) is 83.0 Å². The van der Waals surface area contributed by atoms with Crippen molar-refractivity contribution in [1.82, 2.24) is 14.5 Å². The normalized spacial score (nSPS) is 11.0. The van der Waals surface area contributed by atoms with Crippen LogP contribution >= 0.6 is 11.3 Å². The summed E-state index contributed by atoms with van der Waals surface area (Å²) in [7, 11) is 0. The number of benzene rings is 1. The standard InChI is InChI=1S/C18H13FN4O2S/c19-12-4-2-1-3-11(12)9-25-15-7-16(26-17(15)18(20)24)23-10-22-13-8-21-6-5-14(13)23/h1-8,10H,9H2,(H2,20,24). The lowest BCUT2D eigenvalue weighted by Crippen LogP contribution is -2.10. The maximum absolute atomic E-state index is 13.8. The van der Waals surface area contributed by atoms with E-state index in [-0.39, 0.29) is 17.3 Å². The van der Waals surface area contributed by atoms with Gasteiger partial charge in [-0.1, -0.05) is 18.2 Å². The second-order valence-electron chi connectivity index (χ2n) is 5.50. The summed E-state index contributed by atoms with van der Waals surface area (Å²) in [6, 6.07) is 9.84. The van der Waals surface area contributed by atoms with Crippen molar-refractivity contribution in [3.05, 3.63) is 71.4 Å². The SMILES string of the molecule is NC(=O)c1sc(-n2cnc3cnccc32)cc1OCc1ccccc1F. The Morgan fingerprint density at radius 1 is 1.31 bits per heavy atom. The van der Waals surface area contributed by atoms with Crippen molar-refractivity contribution < 1.29 is 13.9 Å². The van der Waals surface area contributed by atoms with Crippen LogP contribution in [0.4, 0.5) is 4.39 Å². The number of imidazole rings is 1. The highest BCUT2D eigenvalue weighted by Gasteiger charge is 2.18. The van der Waals surface area contributed by atoms with Crippen molar-refractivity contribution in [1.29, 1.82) is 0 Å². The Morgan fingerprint density at radius 2 is 2.15 bits per heavy atom. The molecule has 3 heterocycles. The second-order valence-corrected chi connectivity index (χ2v) is 6.53. The molecule has 0 bridgehead atoms. The second kappa shape index (κ2) is 6.57. The van der Waals surface area contributed by atoms with E-state index >= 15 is 0 Å². The number of nitrogens with two attached hydrogens (primary N) is 1. The van der Waals surface area contributed by atoms with Crippen LogP contribution in [0.5, 0.6) is 5.75 Å². The number of amides is 1. The Bertz CT molecular complexity index is 1110. The lowest BCUT2D eigenvalue weighted by atomic mass is 10.2. The van der Waals surface area contributed by atoms with E-state index in [9.17, 15) is 9.18 Å². The van der Waals surface area contributed by atoms with Gasteiger partial charge >= 0.3 is 0 Å². The molecule has 0 saturated heterocycles. The van der Waals surface area contributed by atoms with Crippen LogP contribution in [-0.2, 0) is 6.61 Å². The third-order valence-corrected chi connectivity index (χ3v) is 4.97. The van der Waals surface area contributed by atoms with Crippen molar-refractivity contribution in [3.63, 3.8) is 0 Å². The molecule has 0 aliphatic rings. The first-order chi connectivity index (χ1) is 12.6. The molecule has 1 aromatic carbocycles. The van der Waals surface area contributed by atoms with E-state index in [4.69, 9.17) is 10.5 Å². The molecule has 4 aromatic rings. The molecule has 0 aliphatic heterocycles. The first-order valence-corrected chi connectivity index (χ1v) is 8.52. The van der Waals surface area contributed by atoms with Gasteiger partial charge in [-0.05, 0) is 12.1 Å². The van der Waals surface area contributed by atoms with Gasteiger partial charge in [-0.25, -0.2) is 9.37 Å².